The standard InChI is InChI=1S/C3H4Br2O4S/c4-3(6)1-2-9-10(5,7)8/h1-2H2. The summed E-state index contributed by atoms with van der Waals surface area (Å²) >= 11 is 4.87. The van der Waals surface area contributed by atoms with Gasteiger partial charge in [0.25, 0.3) is 0 Å². The normalized spacial score (nSPS) is 11.4. The van der Waals surface area contributed by atoms with E-state index in [-0.39, 0.29) is 17.7 Å². The van der Waals surface area contributed by atoms with E-state index >= 15 is 0 Å². The van der Waals surface area contributed by atoms with E-state index in [9.17, 15) is 13.2 Å². The fraction of sp³-hybridized carbons (Fsp3) is 0.667. The molecule has 4 nitrogen and oxygen atoms in total. The lowest BCUT2D eigenvalue weighted by molar-refractivity contribution is -0.110. The molecule has 0 aliphatic heterocycles. The maximum atomic E-state index is 10.2. The minimum absolute atomic E-state index is 0.0326. The Labute approximate surface area is 74.4 Å². The number of carbonyl (C=O) groups is 1. The average molecular weight is 296 g/mol. The van der Waals surface area contributed by atoms with Crippen LogP contribution in [0.2, 0.25) is 0 Å². The zero-order valence-electron chi connectivity index (χ0n) is 4.71. The third-order valence-electron chi connectivity index (χ3n) is 0.523. The molecule has 0 rings (SSSR count). The molecule has 7 heteroatoms. The van der Waals surface area contributed by atoms with Gasteiger partial charge in [0.15, 0.2) is 4.69 Å². The van der Waals surface area contributed by atoms with Gasteiger partial charge >= 0.3 is 8.55 Å². The highest BCUT2D eigenvalue weighted by atomic mass is 79.9. The molecule has 0 N–H and O–H groups in total. The minimum atomic E-state index is -3.58. The van der Waals surface area contributed by atoms with Crippen LogP contribution in [0.1, 0.15) is 6.42 Å². The summed E-state index contributed by atoms with van der Waals surface area (Å²) in [5.41, 5.74) is 0. The summed E-state index contributed by atoms with van der Waals surface area (Å²) in [7, 11) is -3.58. The summed E-state index contributed by atoms with van der Waals surface area (Å²) in [6.07, 6.45) is 0.0326. The average Bonchev–Trinajstić information content (AvgIpc) is 1.59. The number of halogens is 2. The van der Waals surface area contributed by atoms with E-state index in [2.05, 4.69) is 34.9 Å². The van der Waals surface area contributed by atoms with E-state index < -0.39 is 8.55 Å². The Bertz CT molecular complexity index is 209. The van der Waals surface area contributed by atoms with E-state index in [1.807, 2.05) is 0 Å². The topological polar surface area (TPSA) is 60.4 Å². The SMILES string of the molecule is O=C(Br)CCOS(=O)(=O)Br. The van der Waals surface area contributed by atoms with E-state index in [1.165, 1.54) is 0 Å². The molecule has 60 valence electrons. The van der Waals surface area contributed by atoms with Gasteiger partial charge < -0.3 is 0 Å². The van der Waals surface area contributed by atoms with Crippen LogP contribution in [0.25, 0.3) is 0 Å². The van der Waals surface area contributed by atoms with E-state index in [1.54, 1.807) is 0 Å². The lowest BCUT2D eigenvalue weighted by atomic mass is 10.5. The Hall–Kier alpha value is 0.540. The second kappa shape index (κ2) is 4.42. The van der Waals surface area contributed by atoms with Crippen molar-refractivity contribution in [3.63, 3.8) is 0 Å². The number of hydrogen-bond donors (Lipinski definition) is 0. The van der Waals surface area contributed by atoms with Crippen LogP contribution in [-0.4, -0.2) is 19.7 Å². The maximum absolute atomic E-state index is 10.2. The van der Waals surface area contributed by atoms with Crippen LogP contribution >= 0.6 is 30.7 Å². The second-order valence-electron chi connectivity index (χ2n) is 1.32. The van der Waals surface area contributed by atoms with Crippen LogP contribution < -0.4 is 0 Å². The zero-order valence-corrected chi connectivity index (χ0v) is 8.70. The summed E-state index contributed by atoms with van der Waals surface area (Å²) < 4.78 is 24.3. The molecule has 0 amide bonds. The van der Waals surface area contributed by atoms with Crippen molar-refractivity contribution in [2.24, 2.45) is 0 Å². The van der Waals surface area contributed by atoms with Gasteiger partial charge in [-0.05, 0) is 15.9 Å². The van der Waals surface area contributed by atoms with Crippen molar-refractivity contribution in [1.82, 2.24) is 0 Å². The molecular formula is C3H4Br2O4S. The van der Waals surface area contributed by atoms with Crippen LogP contribution in [0.15, 0.2) is 0 Å². The first-order valence-electron chi connectivity index (χ1n) is 2.19. The predicted molar refractivity (Wildman–Crippen MR) is 42.3 cm³/mol. The van der Waals surface area contributed by atoms with Crippen molar-refractivity contribution in [2.75, 3.05) is 6.61 Å². The molecule has 0 atom stereocenters. The molecular weight excluding hydrogens is 292 g/mol. The van der Waals surface area contributed by atoms with Crippen LogP contribution in [0.3, 0.4) is 0 Å². The maximum Gasteiger partial charge on any atom is 0.328 e. The van der Waals surface area contributed by atoms with Gasteiger partial charge in [-0.25, -0.2) is 0 Å². The largest absolute Gasteiger partial charge is 0.328 e. The molecule has 0 aromatic carbocycles. The first-order chi connectivity index (χ1) is 4.42. The minimum Gasteiger partial charge on any atom is -0.287 e. The fourth-order valence-electron chi connectivity index (χ4n) is 0.221. The third kappa shape index (κ3) is 8.54. The lowest BCUT2D eigenvalue weighted by Gasteiger charge is -1.93. The zero-order chi connectivity index (χ0) is 8.20. The van der Waals surface area contributed by atoms with Crippen LogP contribution in [0.5, 0.6) is 0 Å². The van der Waals surface area contributed by atoms with Gasteiger partial charge in [-0.3, -0.25) is 8.98 Å². The fourth-order valence-corrected chi connectivity index (χ4v) is 1.06. The predicted octanol–water partition coefficient (Wildman–Crippen LogP) is 0.954. The highest BCUT2D eigenvalue weighted by Crippen LogP contribution is 2.03. The van der Waals surface area contributed by atoms with Crippen molar-refractivity contribution in [2.45, 2.75) is 6.42 Å². The molecule has 0 radical (unpaired) electrons. The summed E-state index contributed by atoms with van der Waals surface area (Å²) in [6.45, 7) is -0.141. The molecule has 0 aromatic heterocycles. The van der Waals surface area contributed by atoms with Crippen LogP contribution in [0.4, 0.5) is 0 Å². The van der Waals surface area contributed by atoms with Crippen LogP contribution in [0, 0.1) is 0 Å². The quantitative estimate of drug-likeness (QED) is 0.725. The molecule has 0 spiro atoms. The molecule has 0 unspecified atom stereocenters. The van der Waals surface area contributed by atoms with E-state index in [0.717, 1.165) is 0 Å². The Balaban J connectivity index is 3.49. The molecule has 0 saturated heterocycles. The first kappa shape index (κ1) is 10.5. The molecule has 0 aliphatic carbocycles. The number of hydrogen-bond acceptors (Lipinski definition) is 4. The van der Waals surface area contributed by atoms with Gasteiger partial charge in [0.2, 0.25) is 0 Å². The van der Waals surface area contributed by atoms with Gasteiger partial charge in [0.05, 0.1) is 21.4 Å². The van der Waals surface area contributed by atoms with Crippen molar-refractivity contribution < 1.29 is 17.4 Å². The number of carbonyl (C=O) groups excluding carboxylic acids is 1. The van der Waals surface area contributed by atoms with E-state index in [0.29, 0.717) is 0 Å². The molecule has 0 bridgehead atoms. The third-order valence-corrected chi connectivity index (χ3v) is 1.93. The second-order valence-corrected chi connectivity index (χ2v) is 5.61. The highest BCUT2D eigenvalue weighted by Gasteiger charge is 2.04. The molecule has 0 aromatic rings. The first-order valence-corrected chi connectivity index (χ1v) is 6.23. The Kier molecular flexibility index (Phi) is 4.66. The smallest absolute Gasteiger partial charge is 0.287 e. The summed E-state index contributed by atoms with van der Waals surface area (Å²) in [6, 6.07) is 0. The van der Waals surface area contributed by atoms with Gasteiger partial charge in [-0.2, -0.15) is 8.42 Å². The highest BCUT2D eigenvalue weighted by molar-refractivity contribution is 9.46. The van der Waals surface area contributed by atoms with Gasteiger partial charge in [0.1, 0.15) is 0 Å². The molecule has 10 heavy (non-hydrogen) atoms. The monoisotopic (exact) mass is 294 g/mol. The van der Waals surface area contributed by atoms with Gasteiger partial charge in [-0.1, -0.05) is 0 Å². The summed E-state index contributed by atoms with van der Waals surface area (Å²) in [5, 5.41) is 0. The Morgan fingerprint density at radius 3 is 2.30 bits per heavy atom. The molecule has 0 aliphatic rings. The van der Waals surface area contributed by atoms with Crippen molar-refractivity contribution in [3.8, 4) is 0 Å². The van der Waals surface area contributed by atoms with Gasteiger partial charge in [0, 0.05) is 6.42 Å². The van der Waals surface area contributed by atoms with Crippen molar-refractivity contribution >= 4 is 44.0 Å². The Morgan fingerprint density at radius 2 is 2.00 bits per heavy atom. The molecule has 0 saturated carbocycles. The molecule has 0 heterocycles. The Morgan fingerprint density at radius 1 is 1.50 bits per heavy atom. The lowest BCUT2D eigenvalue weighted by Crippen LogP contribution is -2.01. The number of rotatable bonds is 4. The van der Waals surface area contributed by atoms with Gasteiger partial charge in [-0.15, -0.1) is 0 Å². The van der Waals surface area contributed by atoms with Crippen molar-refractivity contribution in [3.05, 3.63) is 0 Å². The molecule has 0 fully saturated rings. The summed E-state index contributed by atoms with van der Waals surface area (Å²) in [4.78, 5) is 10.2. The van der Waals surface area contributed by atoms with Crippen molar-refractivity contribution in [1.29, 1.82) is 0 Å². The van der Waals surface area contributed by atoms with E-state index in [4.69, 9.17) is 0 Å². The summed E-state index contributed by atoms with van der Waals surface area (Å²) in [5.74, 6) is 0. The van der Waals surface area contributed by atoms with Crippen LogP contribution in [-0.2, 0) is 17.5 Å².